The van der Waals surface area contributed by atoms with Gasteiger partial charge in [-0.2, -0.15) is 0 Å². The van der Waals surface area contributed by atoms with Gasteiger partial charge in [0.1, 0.15) is 0 Å². The molecule has 138 valence electrons. The monoisotopic (exact) mass is 341 g/mol. The molecule has 0 saturated carbocycles. The lowest BCUT2D eigenvalue weighted by Crippen LogP contribution is -2.50. The first-order valence-corrected chi connectivity index (χ1v) is 9.88. The van der Waals surface area contributed by atoms with Crippen molar-refractivity contribution in [1.29, 1.82) is 0 Å². The molecule has 0 amide bonds. The summed E-state index contributed by atoms with van der Waals surface area (Å²) in [6, 6.07) is 10.7. The molecule has 2 saturated heterocycles. The van der Waals surface area contributed by atoms with Gasteiger partial charge in [0.15, 0.2) is 0 Å². The molecule has 1 aromatic rings. The summed E-state index contributed by atoms with van der Waals surface area (Å²) in [5, 5.41) is 0. The third-order valence-electron chi connectivity index (χ3n) is 5.95. The van der Waals surface area contributed by atoms with Crippen molar-refractivity contribution in [3.8, 4) is 0 Å². The van der Waals surface area contributed by atoms with Gasteiger partial charge < -0.3 is 9.80 Å². The van der Waals surface area contributed by atoms with Crippen LogP contribution in [0.3, 0.4) is 0 Å². The number of piperazine rings is 1. The van der Waals surface area contributed by atoms with Crippen molar-refractivity contribution in [3.63, 3.8) is 0 Å². The summed E-state index contributed by atoms with van der Waals surface area (Å²) < 4.78 is 0. The lowest BCUT2D eigenvalue weighted by atomic mass is 9.79. The molecule has 25 heavy (non-hydrogen) atoms. The van der Waals surface area contributed by atoms with Gasteiger partial charge in [-0.15, -0.1) is 0 Å². The SMILES string of the molecule is C/C(=C\c1ccccc1)CN1CCC(C)(CN2CCN(C)CC2)CC1. The van der Waals surface area contributed by atoms with E-state index in [-0.39, 0.29) is 0 Å². The van der Waals surface area contributed by atoms with Crippen LogP contribution in [0.2, 0.25) is 0 Å². The van der Waals surface area contributed by atoms with E-state index in [9.17, 15) is 0 Å². The number of rotatable bonds is 5. The summed E-state index contributed by atoms with van der Waals surface area (Å²) in [4.78, 5) is 7.78. The number of hydrogen-bond acceptors (Lipinski definition) is 3. The highest BCUT2D eigenvalue weighted by molar-refractivity contribution is 5.52. The van der Waals surface area contributed by atoms with Crippen LogP contribution in [0, 0.1) is 5.41 Å². The average Bonchev–Trinajstić information content (AvgIpc) is 2.60. The van der Waals surface area contributed by atoms with E-state index < -0.39 is 0 Å². The second-order valence-corrected chi connectivity index (χ2v) is 8.57. The number of nitrogens with zero attached hydrogens (tertiary/aromatic N) is 3. The van der Waals surface area contributed by atoms with Crippen molar-refractivity contribution in [2.24, 2.45) is 5.41 Å². The summed E-state index contributed by atoms with van der Waals surface area (Å²) in [7, 11) is 2.24. The Morgan fingerprint density at radius 2 is 1.60 bits per heavy atom. The Morgan fingerprint density at radius 3 is 2.24 bits per heavy atom. The predicted molar refractivity (Wildman–Crippen MR) is 108 cm³/mol. The highest BCUT2D eigenvalue weighted by Gasteiger charge is 2.32. The predicted octanol–water partition coefficient (Wildman–Crippen LogP) is 3.44. The number of piperidine rings is 1. The van der Waals surface area contributed by atoms with E-state index in [4.69, 9.17) is 0 Å². The molecule has 2 fully saturated rings. The highest BCUT2D eigenvalue weighted by Crippen LogP contribution is 2.32. The van der Waals surface area contributed by atoms with Gasteiger partial charge in [-0.3, -0.25) is 4.90 Å². The Balaban J connectivity index is 1.45. The second kappa shape index (κ2) is 8.48. The molecule has 3 nitrogen and oxygen atoms in total. The highest BCUT2D eigenvalue weighted by atomic mass is 15.2. The zero-order valence-corrected chi connectivity index (χ0v) is 16.4. The molecule has 0 aliphatic carbocycles. The van der Waals surface area contributed by atoms with Crippen molar-refractivity contribution in [3.05, 3.63) is 41.5 Å². The van der Waals surface area contributed by atoms with E-state index in [0.29, 0.717) is 5.41 Å². The summed E-state index contributed by atoms with van der Waals surface area (Å²) in [6.45, 7) is 14.6. The molecule has 0 aromatic heterocycles. The molecule has 0 N–H and O–H groups in total. The molecule has 0 radical (unpaired) electrons. The van der Waals surface area contributed by atoms with Crippen molar-refractivity contribution in [2.75, 3.05) is 59.4 Å². The molecular weight excluding hydrogens is 306 g/mol. The van der Waals surface area contributed by atoms with Crippen LogP contribution in [0.1, 0.15) is 32.3 Å². The smallest absolute Gasteiger partial charge is 0.0193 e. The first-order chi connectivity index (χ1) is 12.0. The average molecular weight is 342 g/mol. The first kappa shape index (κ1) is 18.6. The minimum absolute atomic E-state index is 0.503. The normalized spacial score (nSPS) is 23.7. The van der Waals surface area contributed by atoms with Gasteiger partial charge in [0.2, 0.25) is 0 Å². The summed E-state index contributed by atoms with van der Waals surface area (Å²) in [5.74, 6) is 0. The number of likely N-dealkylation sites (N-methyl/N-ethyl adjacent to an activating group) is 1. The van der Waals surface area contributed by atoms with Gasteiger partial charge in [-0.05, 0) is 50.9 Å². The van der Waals surface area contributed by atoms with Crippen LogP contribution in [-0.2, 0) is 0 Å². The lowest BCUT2D eigenvalue weighted by Gasteiger charge is -2.44. The fraction of sp³-hybridized carbons (Fsp3) is 0.636. The van der Waals surface area contributed by atoms with Gasteiger partial charge in [0.25, 0.3) is 0 Å². The Morgan fingerprint density at radius 1 is 0.960 bits per heavy atom. The number of likely N-dealkylation sites (tertiary alicyclic amines) is 1. The quantitative estimate of drug-likeness (QED) is 0.812. The van der Waals surface area contributed by atoms with E-state index >= 15 is 0 Å². The minimum atomic E-state index is 0.503. The molecule has 0 spiro atoms. The van der Waals surface area contributed by atoms with E-state index in [1.54, 1.807) is 0 Å². The third kappa shape index (κ3) is 5.67. The van der Waals surface area contributed by atoms with E-state index in [1.165, 1.54) is 69.8 Å². The van der Waals surface area contributed by atoms with Crippen LogP contribution < -0.4 is 0 Å². The molecule has 2 heterocycles. The zero-order valence-electron chi connectivity index (χ0n) is 16.4. The Kier molecular flexibility index (Phi) is 6.32. The molecule has 0 bridgehead atoms. The standard InChI is InChI=1S/C22H35N3/c1-20(17-21-7-5-4-6-8-21)18-24-11-9-22(2,10-12-24)19-25-15-13-23(3)14-16-25/h4-8,17H,9-16,18-19H2,1-3H3/b20-17+. The van der Waals surface area contributed by atoms with Gasteiger partial charge in [-0.25, -0.2) is 0 Å². The van der Waals surface area contributed by atoms with Gasteiger partial charge in [0, 0.05) is 39.3 Å². The lowest BCUT2D eigenvalue weighted by molar-refractivity contribution is 0.0570. The Labute approximate surface area is 154 Å². The molecule has 1 aromatic carbocycles. The summed E-state index contributed by atoms with van der Waals surface area (Å²) in [5.41, 5.74) is 3.29. The Hall–Kier alpha value is -1.16. The fourth-order valence-corrected chi connectivity index (χ4v) is 4.19. The maximum atomic E-state index is 2.69. The van der Waals surface area contributed by atoms with Crippen LogP contribution >= 0.6 is 0 Å². The molecule has 2 aliphatic rings. The minimum Gasteiger partial charge on any atom is -0.304 e. The third-order valence-corrected chi connectivity index (χ3v) is 5.95. The van der Waals surface area contributed by atoms with Crippen molar-refractivity contribution >= 4 is 6.08 Å². The largest absolute Gasteiger partial charge is 0.304 e. The fourth-order valence-electron chi connectivity index (χ4n) is 4.19. The molecule has 2 aliphatic heterocycles. The van der Waals surface area contributed by atoms with Gasteiger partial charge >= 0.3 is 0 Å². The summed E-state index contributed by atoms with van der Waals surface area (Å²) in [6.07, 6.45) is 4.99. The second-order valence-electron chi connectivity index (χ2n) is 8.57. The van der Waals surface area contributed by atoms with Crippen LogP contribution in [0.25, 0.3) is 6.08 Å². The molecule has 0 unspecified atom stereocenters. The van der Waals surface area contributed by atoms with Crippen molar-refractivity contribution < 1.29 is 0 Å². The number of benzene rings is 1. The van der Waals surface area contributed by atoms with Gasteiger partial charge in [0.05, 0.1) is 0 Å². The maximum Gasteiger partial charge on any atom is 0.0193 e. The van der Waals surface area contributed by atoms with E-state index in [1.807, 2.05) is 0 Å². The Bertz CT molecular complexity index is 550. The van der Waals surface area contributed by atoms with Crippen LogP contribution in [0.5, 0.6) is 0 Å². The van der Waals surface area contributed by atoms with Crippen LogP contribution in [0.4, 0.5) is 0 Å². The van der Waals surface area contributed by atoms with Crippen molar-refractivity contribution in [1.82, 2.24) is 14.7 Å². The first-order valence-electron chi connectivity index (χ1n) is 9.88. The topological polar surface area (TPSA) is 9.72 Å². The molecule has 0 atom stereocenters. The molecular formula is C22H35N3. The zero-order chi connectivity index (χ0) is 17.7. The van der Waals surface area contributed by atoms with Gasteiger partial charge in [-0.1, -0.05) is 48.9 Å². The van der Waals surface area contributed by atoms with Crippen LogP contribution in [0.15, 0.2) is 35.9 Å². The van der Waals surface area contributed by atoms with E-state index in [2.05, 4.69) is 72.0 Å². The number of hydrogen-bond donors (Lipinski definition) is 0. The molecule has 3 rings (SSSR count). The van der Waals surface area contributed by atoms with Crippen molar-refractivity contribution in [2.45, 2.75) is 26.7 Å². The maximum absolute atomic E-state index is 2.69. The molecule has 3 heteroatoms. The van der Waals surface area contributed by atoms with E-state index in [0.717, 1.165) is 6.54 Å². The van der Waals surface area contributed by atoms with Crippen LogP contribution in [-0.4, -0.2) is 74.1 Å². The summed E-state index contributed by atoms with van der Waals surface area (Å²) >= 11 is 0.